The highest BCUT2D eigenvalue weighted by atomic mass is 127. The highest BCUT2D eigenvalue weighted by molar-refractivity contribution is 14.1. The summed E-state index contributed by atoms with van der Waals surface area (Å²) in [5, 5.41) is 2.79. The molecule has 4 rings (SSSR count). The average molecular weight is 387 g/mol. The van der Waals surface area contributed by atoms with E-state index in [2.05, 4.69) is 95.4 Å². The number of hydrogen-bond acceptors (Lipinski definition) is 0. The Balaban J connectivity index is 2.21. The van der Waals surface area contributed by atoms with Crippen LogP contribution in [0.2, 0.25) is 0 Å². The first-order valence-electron chi connectivity index (χ1n) is 6.53. The SMILES string of the molecule is Ic1cccc(-[s+]2c3ccccc3c3ccccc32)c1. The maximum atomic E-state index is 2.40. The van der Waals surface area contributed by atoms with Gasteiger partial charge >= 0.3 is 0 Å². The van der Waals surface area contributed by atoms with Crippen LogP contribution < -0.4 is 0 Å². The van der Waals surface area contributed by atoms with Crippen LogP contribution in [0.5, 0.6) is 0 Å². The molecule has 0 bridgehead atoms. The van der Waals surface area contributed by atoms with Gasteiger partial charge in [0.15, 0.2) is 14.3 Å². The van der Waals surface area contributed by atoms with Gasteiger partial charge in [-0.3, -0.25) is 0 Å². The predicted octanol–water partition coefficient (Wildman–Crippen LogP) is 6.34. The number of halogens is 1. The summed E-state index contributed by atoms with van der Waals surface area (Å²) in [6, 6.07) is 26.5. The van der Waals surface area contributed by atoms with Gasteiger partial charge in [-0.1, -0.05) is 30.3 Å². The zero-order chi connectivity index (χ0) is 13.5. The second kappa shape index (κ2) is 4.86. The van der Waals surface area contributed by atoms with Gasteiger partial charge in [0.25, 0.3) is 0 Å². The summed E-state index contributed by atoms with van der Waals surface area (Å²) >= 11 is 2.40. The fraction of sp³-hybridized carbons (Fsp3) is 0. The van der Waals surface area contributed by atoms with Crippen LogP contribution >= 0.6 is 33.1 Å². The second-order valence-corrected chi connectivity index (χ2v) is 7.96. The summed E-state index contributed by atoms with van der Waals surface area (Å²) in [5.74, 6) is 0. The largest absolute Gasteiger partial charge is 0.187 e. The number of hydrogen-bond donors (Lipinski definition) is 0. The Morgan fingerprint density at radius 3 is 1.85 bits per heavy atom. The third-order valence-corrected chi connectivity index (χ3v) is 6.52. The lowest BCUT2D eigenvalue weighted by Crippen LogP contribution is -1.73. The molecule has 0 unspecified atom stereocenters. The van der Waals surface area contributed by atoms with Gasteiger partial charge in [-0.15, -0.1) is 0 Å². The van der Waals surface area contributed by atoms with Crippen LogP contribution in [0.4, 0.5) is 0 Å². The first-order chi connectivity index (χ1) is 9.84. The van der Waals surface area contributed by atoms with Gasteiger partial charge in [0, 0.05) is 30.9 Å². The van der Waals surface area contributed by atoms with Crippen LogP contribution in [0.25, 0.3) is 25.1 Å². The van der Waals surface area contributed by atoms with Crippen molar-refractivity contribution in [2.24, 2.45) is 0 Å². The number of thiophene rings is 1. The van der Waals surface area contributed by atoms with E-state index in [1.165, 1.54) is 28.6 Å². The zero-order valence-corrected chi connectivity index (χ0v) is 13.7. The summed E-state index contributed by atoms with van der Waals surface area (Å²) in [4.78, 5) is 1.41. The molecule has 0 spiro atoms. The summed E-state index contributed by atoms with van der Waals surface area (Å²) < 4.78 is 4.21. The molecule has 0 nitrogen and oxygen atoms in total. The van der Waals surface area contributed by atoms with E-state index in [-0.39, 0.29) is 10.5 Å². The Kier molecular flexibility index (Phi) is 3.00. The van der Waals surface area contributed by atoms with E-state index in [1.807, 2.05) is 0 Å². The van der Waals surface area contributed by atoms with Gasteiger partial charge in [-0.05, 0) is 59.0 Å². The molecule has 0 N–H and O–H groups in total. The first-order valence-corrected chi connectivity index (χ1v) is 8.83. The lowest BCUT2D eigenvalue weighted by Gasteiger charge is -1.94. The minimum Gasteiger partial charge on any atom is -0.0612 e. The van der Waals surface area contributed by atoms with Crippen molar-refractivity contribution in [2.75, 3.05) is 0 Å². The van der Waals surface area contributed by atoms with Gasteiger partial charge in [0.1, 0.15) is 0 Å². The van der Waals surface area contributed by atoms with E-state index in [1.54, 1.807) is 0 Å². The number of benzene rings is 3. The minimum absolute atomic E-state index is 0.0444. The topological polar surface area (TPSA) is 0 Å². The molecule has 0 aliphatic carbocycles. The van der Waals surface area contributed by atoms with Crippen LogP contribution in [0.15, 0.2) is 72.8 Å². The maximum Gasteiger partial charge on any atom is 0.187 e. The average Bonchev–Trinajstić information content (AvgIpc) is 2.82. The zero-order valence-electron chi connectivity index (χ0n) is 10.7. The maximum absolute atomic E-state index is 2.40. The van der Waals surface area contributed by atoms with Gasteiger partial charge in [0.2, 0.25) is 0 Å². The van der Waals surface area contributed by atoms with Crippen molar-refractivity contribution in [1.29, 1.82) is 0 Å². The van der Waals surface area contributed by atoms with Crippen molar-refractivity contribution in [3.8, 4) is 4.90 Å². The van der Waals surface area contributed by atoms with Crippen LogP contribution in [0, 0.1) is 3.57 Å². The molecule has 96 valence electrons. The van der Waals surface area contributed by atoms with Crippen molar-refractivity contribution in [3.63, 3.8) is 0 Å². The fourth-order valence-corrected chi connectivity index (χ4v) is 5.88. The van der Waals surface area contributed by atoms with E-state index in [0.717, 1.165) is 0 Å². The van der Waals surface area contributed by atoms with Crippen LogP contribution in [-0.2, 0) is 0 Å². The fourth-order valence-electron chi connectivity index (χ4n) is 2.70. The van der Waals surface area contributed by atoms with E-state index < -0.39 is 0 Å². The second-order valence-electron chi connectivity index (χ2n) is 4.76. The molecule has 3 aromatic carbocycles. The monoisotopic (exact) mass is 387 g/mol. The molecule has 0 saturated carbocycles. The summed E-state index contributed by atoms with van der Waals surface area (Å²) in [7, 11) is 0.0444. The lowest BCUT2D eigenvalue weighted by atomic mass is 10.2. The molecular weight excluding hydrogens is 375 g/mol. The van der Waals surface area contributed by atoms with Crippen LogP contribution in [0.1, 0.15) is 0 Å². The third-order valence-electron chi connectivity index (χ3n) is 3.54. The van der Waals surface area contributed by atoms with Crippen molar-refractivity contribution >= 4 is 53.2 Å². The van der Waals surface area contributed by atoms with Gasteiger partial charge < -0.3 is 0 Å². The summed E-state index contributed by atoms with van der Waals surface area (Å²) in [6.07, 6.45) is 0. The third kappa shape index (κ3) is 1.86. The number of fused-ring (bicyclic) bond motifs is 3. The van der Waals surface area contributed by atoms with Gasteiger partial charge in [-0.25, -0.2) is 0 Å². The van der Waals surface area contributed by atoms with E-state index in [9.17, 15) is 0 Å². The molecule has 0 atom stereocenters. The van der Waals surface area contributed by atoms with E-state index in [0.29, 0.717) is 0 Å². The number of rotatable bonds is 1. The van der Waals surface area contributed by atoms with E-state index >= 15 is 0 Å². The Labute approximate surface area is 134 Å². The highest BCUT2D eigenvalue weighted by Gasteiger charge is 2.22. The molecule has 1 aromatic heterocycles. The quantitative estimate of drug-likeness (QED) is 0.264. The van der Waals surface area contributed by atoms with Crippen molar-refractivity contribution in [2.45, 2.75) is 0 Å². The predicted molar refractivity (Wildman–Crippen MR) is 98.0 cm³/mol. The molecule has 0 radical (unpaired) electrons. The molecule has 0 saturated heterocycles. The van der Waals surface area contributed by atoms with Crippen LogP contribution in [-0.4, -0.2) is 0 Å². The highest BCUT2D eigenvalue weighted by Crippen LogP contribution is 2.48. The Bertz CT molecular complexity index is 868. The molecule has 4 aromatic rings. The molecular formula is C18H12IS+. The Morgan fingerprint density at radius 1 is 0.650 bits per heavy atom. The minimum atomic E-state index is 0.0444. The van der Waals surface area contributed by atoms with E-state index in [4.69, 9.17) is 0 Å². The molecule has 0 amide bonds. The van der Waals surface area contributed by atoms with Gasteiger partial charge in [0.05, 0.1) is 0 Å². The summed E-state index contributed by atoms with van der Waals surface area (Å²) in [5.41, 5.74) is 0. The normalized spacial score (nSPS) is 11.2. The summed E-state index contributed by atoms with van der Waals surface area (Å²) in [6.45, 7) is 0. The molecule has 2 heteroatoms. The van der Waals surface area contributed by atoms with Crippen molar-refractivity contribution < 1.29 is 0 Å². The molecule has 0 aliphatic rings. The Hall–Kier alpha value is -1.39. The van der Waals surface area contributed by atoms with Crippen molar-refractivity contribution in [3.05, 3.63) is 76.4 Å². The molecule has 0 aliphatic heterocycles. The standard InChI is InChI=1S/C18H12IS/c19-13-6-5-7-14(12-13)20-17-10-3-1-8-15(17)16-9-2-4-11-18(16)20/h1-12H/q+1. The Morgan fingerprint density at radius 2 is 1.25 bits per heavy atom. The molecule has 0 fully saturated rings. The van der Waals surface area contributed by atoms with Crippen molar-refractivity contribution in [1.82, 2.24) is 0 Å². The first kappa shape index (κ1) is 12.4. The van der Waals surface area contributed by atoms with Gasteiger partial charge in [-0.2, -0.15) is 0 Å². The van der Waals surface area contributed by atoms with Crippen LogP contribution in [0.3, 0.4) is 0 Å². The smallest absolute Gasteiger partial charge is 0.0612 e. The molecule has 20 heavy (non-hydrogen) atoms. The lowest BCUT2D eigenvalue weighted by molar-refractivity contribution is 1.69. The molecule has 1 heterocycles.